The standard InChI is InChI=1S/C7H4F3NO/c8-4-1-3(7(11)12)2-5(9)6(4)10/h1-2H,(H2,11,12). The maximum absolute atomic E-state index is 12.4. The summed E-state index contributed by atoms with van der Waals surface area (Å²) >= 11 is 0. The molecule has 0 atom stereocenters. The van der Waals surface area contributed by atoms with Crippen LogP contribution in [0.1, 0.15) is 10.4 Å². The third kappa shape index (κ3) is 1.39. The van der Waals surface area contributed by atoms with E-state index in [2.05, 4.69) is 0 Å². The first-order valence-electron chi connectivity index (χ1n) is 2.96. The van der Waals surface area contributed by atoms with E-state index in [-0.39, 0.29) is 0 Å². The van der Waals surface area contributed by atoms with Crippen molar-refractivity contribution in [1.29, 1.82) is 0 Å². The first-order chi connectivity index (χ1) is 5.52. The second kappa shape index (κ2) is 2.84. The smallest absolute Gasteiger partial charge is 0.248 e. The first kappa shape index (κ1) is 8.58. The molecule has 2 N–H and O–H groups in total. The Hall–Kier alpha value is -1.52. The fourth-order valence-electron chi connectivity index (χ4n) is 0.698. The molecule has 0 aliphatic rings. The molecular formula is C7H4F3NO. The summed E-state index contributed by atoms with van der Waals surface area (Å²) in [6.45, 7) is 0. The minimum atomic E-state index is -1.61. The van der Waals surface area contributed by atoms with Crippen molar-refractivity contribution in [1.82, 2.24) is 0 Å². The molecule has 0 aliphatic carbocycles. The van der Waals surface area contributed by atoms with Crippen LogP contribution in [0.5, 0.6) is 0 Å². The van der Waals surface area contributed by atoms with Gasteiger partial charge in [0.1, 0.15) is 0 Å². The molecule has 0 spiro atoms. The number of rotatable bonds is 1. The molecule has 0 saturated heterocycles. The number of primary amides is 1. The van der Waals surface area contributed by atoms with Gasteiger partial charge in [-0.3, -0.25) is 4.79 Å². The summed E-state index contributed by atoms with van der Waals surface area (Å²) in [7, 11) is 0. The summed E-state index contributed by atoms with van der Waals surface area (Å²) in [4.78, 5) is 10.4. The molecule has 1 aromatic rings. The summed E-state index contributed by atoms with van der Waals surface area (Å²) in [5.41, 5.74) is 4.31. The summed E-state index contributed by atoms with van der Waals surface area (Å²) in [6, 6.07) is 1.08. The van der Waals surface area contributed by atoms with Crippen LogP contribution in [0.4, 0.5) is 13.2 Å². The van der Waals surface area contributed by atoms with Gasteiger partial charge in [0, 0.05) is 5.56 Å². The van der Waals surface area contributed by atoms with Gasteiger partial charge in [0.25, 0.3) is 0 Å². The fourth-order valence-corrected chi connectivity index (χ4v) is 0.698. The number of carbonyl (C=O) groups excluding carboxylic acids is 1. The lowest BCUT2D eigenvalue weighted by atomic mass is 10.2. The molecule has 0 saturated carbocycles. The second-order valence-corrected chi connectivity index (χ2v) is 2.12. The Bertz CT molecular complexity index is 314. The van der Waals surface area contributed by atoms with Crippen molar-refractivity contribution in [2.75, 3.05) is 0 Å². The van der Waals surface area contributed by atoms with Gasteiger partial charge in [-0.25, -0.2) is 13.2 Å². The zero-order chi connectivity index (χ0) is 9.30. The van der Waals surface area contributed by atoms with Crippen LogP contribution in [0.3, 0.4) is 0 Å². The highest BCUT2D eigenvalue weighted by Gasteiger charge is 2.12. The average Bonchev–Trinajstić information content (AvgIpc) is 1.99. The molecule has 12 heavy (non-hydrogen) atoms. The van der Waals surface area contributed by atoms with Gasteiger partial charge >= 0.3 is 0 Å². The third-order valence-electron chi connectivity index (χ3n) is 1.27. The molecule has 1 amide bonds. The lowest BCUT2D eigenvalue weighted by Crippen LogP contribution is -2.12. The predicted octanol–water partition coefficient (Wildman–Crippen LogP) is 1.20. The van der Waals surface area contributed by atoms with Crippen LogP contribution in [0, 0.1) is 17.5 Å². The fraction of sp³-hybridized carbons (Fsp3) is 0. The lowest BCUT2D eigenvalue weighted by Gasteiger charge is -1.97. The Kier molecular flexibility index (Phi) is 2.03. The molecule has 0 heterocycles. The van der Waals surface area contributed by atoms with Gasteiger partial charge in [-0.2, -0.15) is 0 Å². The van der Waals surface area contributed by atoms with Gasteiger partial charge in [-0.05, 0) is 12.1 Å². The molecular weight excluding hydrogens is 171 g/mol. The molecule has 64 valence electrons. The van der Waals surface area contributed by atoms with Crippen molar-refractivity contribution in [2.24, 2.45) is 5.73 Å². The highest BCUT2D eigenvalue weighted by Crippen LogP contribution is 2.12. The molecule has 2 nitrogen and oxygen atoms in total. The van der Waals surface area contributed by atoms with E-state index >= 15 is 0 Å². The number of halogens is 3. The highest BCUT2D eigenvalue weighted by molar-refractivity contribution is 5.92. The van der Waals surface area contributed by atoms with E-state index in [9.17, 15) is 18.0 Å². The summed E-state index contributed by atoms with van der Waals surface area (Å²) in [6.07, 6.45) is 0. The maximum Gasteiger partial charge on any atom is 0.248 e. The number of hydrogen-bond acceptors (Lipinski definition) is 1. The zero-order valence-electron chi connectivity index (χ0n) is 5.77. The Morgan fingerprint density at radius 1 is 1.17 bits per heavy atom. The first-order valence-corrected chi connectivity index (χ1v) is 2.96. The predicted molar refractivity (Wildman–Crippen MR) is 34.8 cm³/mol. The maximum atomic E-state index is 12.4. The van der Waals surface area contributed by atoms with Crippen molar-refractivity contribution in [2.45, 2.75) is 0 Å². The molecule has 0 aromatic heterocycles. The van der Waals surface area contributed by atoms with E-state index in [1.807, 2.05) is 0 Å². The van der Waals surface area contributed by atoms with Crippen molar-refractivity contribution >= 4 is 5.91 Å². The molecule has 0 bridgehead atoms. The largest absolute Gasteiger partial charge is 0.366 e. The molecule has 0 radical (unpaired) electrons. The number of hydrogen-bond donors (Lipinski definition) is 1. The Labute approximate surface area is 65.8 Å². The quantitative estimate of drug-likeness (QED) is 0.640. The Morgan fingerprint density at radius 3 is 1.92 bits per heavy atom. The minimum absolute atomic E-state index is 0.397. The van der Waals surface area contributed by atoms with Gasteiger partial charge in [0.15, 0.2) is 17.5 Å². The minimum Gasteiger partial charge on any atom is -0.366 e. The topological polar surface area (TPSA) is 43.1 Å². The molecule has 0 unspecified atom stereocenters. The molecule has 0 aliphatic heterocycles. The van der Waals surface area contributed by atoms with E-state index in [1.165, 1.54) is 0 Å². The monoisotopic (exact) mass is 175 g/mol. The van der Waals surface area contributed by atoms with Crippen molar-refractivity contribution in [3.8, 4) is 0 Å². The van der Waals surface area contributed by atoms with Gasteiger partial charge in [0.05, 0.1) is 0 Å². The number of amides is 1. The summed E-state index contributed by atoms with van der Waals surface area (Å²) < 4.78 is 37.0. The van der Waals surface area contributed by atoms with E-state index in [1.54, 1.807) is 0 Å². The van der Waals surface area contributed by atoms with Crippen LogP contribution in [0.2, 0.25) is 0 Å². The van der Waals surface area contributed by atoms with Crippen LogP contribution in [-0.2, 0) is 0 Å². The second-order valence-electron chi connectivity index (χ2n) is 2.12. The number of nitrogens with two attached hydrogens (primary N) is 1. The normalized spacial score (nSPS) is 9.92. The van der Waals surface area contributed by atoms with Gasteiger partial charge in [-0.15, -0.1) is 0 Å². The lowest BCUT2D eigenvalue weighted by molar-refractivity contribution is 0.0999. The zero-order valence-corrected chi connectivity index (χ0v) is 5.77. The van der Waals surface area contributed by atoms with Crippen molar-refractivity contribution < 1.29 is 18.0 Å². The van der Waals surface area contributed by atoms with Crippen molar-refractivity contribution in [3.05, 3.63) is 35.1 Å². The summed E-state index contributed by atoms with van der Waals surface area (Å²) in [5, 5.41) is 0. The van der Waals surface area contributed by atoms with Gasteiger partial charge in [-0.1, -0.05) is 0 Å². The van der Waals surface area contributed by atoms with Crippen LogP contribution in [-0.4, -0.2) is 5.91 Å². The number of benzene rings is 1. The average molecular weight is 175 g/mol. The SMILES string of the molecule is NC(=O)c1cc(F)c(F)c(F)c1. The molecule has 1 rings (SSSR count). The highest BCUT2D eigenvalue weighted by atomic mass is 19.2. The third-order valence-corrected chi connectivity index (χ3v) is 1.27. The number of carbonyl (C=O) groups is 1. The van der Waals surface area contributed by atoms with E-state index in [0.29, 0.717) is 12.1 Å². The molecule has 5 heteroatoms. The van der Waals surface area contributed by atoms with Gasteiger partial charge < -0.3 is 5.73 Å². The van der Waals surface area contributed by atoms with Crippen LogP contribution in [0.15, 0.2) is 12.1 Å². The molecule has 1 aromatic carbocycles. The van der Waals surface area contributed by atoms with Crippen LogP contribution in [0.25, 0.3) is 0 Å². The van der Waals surface area contributed by atoms with Crippen LogP contribution < -0.4 is 5.73 Å². The van der Waals surface area contributed by atoms with E-state index < -0.39 is 28.9 Å². The van der Waals surface area contributed by atoms with E-state index in [0.717, 1.165) is 0 Å². The Morgan fingerprint density at radius 2 is 1.58 bits per heavy atom. The van der Waals surface area contributed by atoms with E-state index in [4.69, 9.17) is 5.73 Å². The molecule has 0 fully saturated rings. The van der Waals surface area contributed by atoms with Crippen LogP contribution >= 0.6 is 0 Å². The van der Waals surface area contributed by atoms with Gasteiger partial charge in [0.2, 0.25) is 5.91 Å². The summed E-state index contributed by atoms with van der Waals surface area (Å²) in [5.74, 6) is -5.47. The Balaban J connectivity index is 3.31. The van der Waals surface area contributed by atoms with Crippen molar-refractivity contribution in [3.63, 3.8) is 0 Å².